The second-order valence-corrected chi connectivity index (χ2v) is 6.19. The molecule has 1 aromatic rings. The first-order valence-corrected chi connectivity index (χ1v) is 7.90. The molecule has 1 fully saturated rings. The standard InChI is InChI=1S/C19H22O2/c20-18(16-11-5-2-6-12-16)19(21)14-8-7-13-17(19)15-9-3-1-4-10-15/h2,5-8,11-15,17,21H,1,3-4,9-10H2. The molecular formula is C19H22O2. The maximum atomic E-state index is 12.8. The highest BCUT2D eigenvalue weighted by Gasteiger charge is 2.45. The molecule has 0 aliphatic heterocycles. The Balaban J connectivity index is 1.90. The van der Waals surface area contributed by atoms with Gasteiger partial charge in [0.05, 0.1) is 0 Å². The Kier molecular flexibility index (Phi) is 4.07. The molecule has 3 rings (SSSR count). The molecule has 0 aromatic heterocycles. The zero-order valence-electron chi connectivity index (χ0n) is 12.2. The third-order valence-corrected chi connectivity index (χ3v) is 4.85. The van der Waals surface area contributed by atoms with Crippen LogP contribution in [0.1, 0.15) is 42.5 Å². The molecule has 0 amide bonds. The number of carbonyl (C=O) groups is 1. The predicted molar refractivity (Wildman–Crippen MR) is 84.1 cm³/mol. The summed E-state index contributed by atoms with van der Waals surface area (Å²) < 4.78 is 0. The van der Waals surface area contributed by atoms with Crippen LogP contribution in [0.5, 0.6) is 0 Å². The van der Waals surface area contributed by atoms with Crippen LogP contribution in [-0.4, -0.2) is 16.5 Å². The molecule has 1 N–H and O–H groups in total. The number of ketones is 1. The average Bonchev–Trinajstić information content (AvgIpc) is 2.56. The number of hydrogen-bond acceptors (Lipinski definition) is 2. The van der Waals surface area contributed by atoms with Crippen LogP contribution < -0.4 is 0 Å². The minimum atomic E-state index is -1.39. The zero-order valence-corrected chi connectivity index (χ0v) is 12.2. The van der Waals surface area contributed by atoms with Gasteiger partial charge in [-0.25, -0.2) is 0 Å². The molecule has 2 heteroatoms. The summed E-state index contributed by atoms with van der Waals surface area (Å²) in [5.41, 5.74) is -0.807. The van der Waals surface area contributed by atoms with Crippen LogP contribution in [0, 0.1) is 11.8 Å². The summed E-state index contributed by atoms with van der Waals surface area (Å²) in [5.74, 6) is 0.118. The lowest BCUT2D eigenvalue weighted by Gasteiger charge is -2.39. The van der Waals surface area contributed by atoms with Crippen molar-refractivity contribution in [1.82, 2.24) is 0 Å². The molecule has 2 nitrogen and oxygen atoms in total. The Bertz CT molecular complexity index is 552. The number of carbonyl (C=O) groups excluding carboxylic acids is 1. The molecule has 0 heterocycles. The van der Waals surface area contributed by atoms with Crippen LogP contribution in [0.25, 0.3) is 0 Å². The monoisotopic (exact) mass is 282 g/mol. The lowest BCUT2D eigenvalue weighted by atomic mass is 9.68. The van der Waals surface area contributed by atoms with E-state index in [0.29, 0.717) is 11.5 Å². The fourth-order valence-electron chi connectivity index (χ4n) is 3.70. The summed E-state index contributed by atoms with van der Waals surface area (Å²) >= 11 is 0. The van der Waals surface area contributed by atoms with Crippen LogP contribution >= 0.6 is 0 Å². The van der Waals surface area contributed by atoms with Crippen LogP contribution in [-0.2, 0) is 0 Å². The maximum Gasteiger partial charge on any atom is 0.198 e. The molecule has 1 aromatic carbocycles. The van der Waals surface area contributed by atoms with E-state index in [-0.39, 0.29) is 11.7 Å². The van der Waals surface area contributed by atoms with E-state index in [2.05, 4.69) is 0 Å². The first-order valence-electron chi connectivity index (χ1n) is 7.90. The van der Waals surface area contributed by atoms with Crippen LogP contribution in [0.2, 0.25) is 0 Å². The van der Waals surface area contributed by atoms with E-state index in [4.69, 9.17) is 0 Å². The van der Waals surface area contributed by atoms with Gasteiger partial charge in [0.15, 0.2) is 11.4 Å². The zero-order chi connectivity index (χ0) is 14.7. The van der Waals surface area contributed by atoms with Gasteiger partial charge in [0.2, 0.25) is 0 Å². The van der Waals surface area contributed by atoms with Gasteiger partial charge in [-0.1, -0.05) is 67.8 Å². The Labute approximate surface area is 126 Å². The quantitative estimate of drug-likeness (QED) is 0.853. The summed E-state index contributed by atoms with van der Waals surface area (Å²) in [6.45, 7) is 0. The van der Waals surface area contributed by atoms with Gasteiger partial charge in [0.25, 0.3) is 0 Å². The summed E-state index contributed by atoms with van der Waals surface area (Å²) in [4.78, 5) is 12.8. The molecule has 21 heavy (non-hydrogen) atoms. The lowest BCUT2D eigenvalue weighted by molar-refractivity contribution is 0.0165. The maximum absolute atomic E-state index is 12.8. The first-order chi connectivity index (χ1) is 10.2. The van der Waals surface area contributed by atoms with Gasteiger partial charge in [0.1, 0.15) is 0 Å². The van der Waals surface area contributed by atoms with Crippen LogP contribution in [0.15, 0.2) is 54.6 Å². The number of hydrogen-bond donors (Lipinski definition) is 1. The molecule has 2 aliphatic rings. The van der Waals surface area contributed by atoms with Crippen molar-refractivity contribution in [2.24, 2.45) is 11.8 Å². The Hall–Kier alpha value is -1.67. The highest BCUT2D eigenvalue weighted by atomic mass is 16.3. The van der Waals surface area contributed by atoms with Crippen LogP contribution in [0.3, 0.4) is 0 Å². The minimum Gasteiger partial charge on any atom is -0.377 e. The molecule has 2 unspecified atom stereocenters. The average molecular weight is 282 g/mol. The molecule has 2 atom stereocenters. The second kappa shape index (κ2) is 5.98. The van der Waals surface area contributed by atoms with Gasteiger partial charge in [-0.05, 0) is 24.8 Å². The number of allylic oxidation sites excluding steroid dienone is 2. The van der Waals surface area contributed by atoms with Gasteiger partial charge in [-0.3, -0.25) is 4.79 Å². The second-order valence-electron chi connectivity index (χ2n) is 6.19. The SMILES string of the molecule is O=C(c1ccccc1)C1(O)C=CC=CC1C1CCCCC1. The number of aliphatic hydroxyl groups is 1. The van der Waals surface area contributed by atoms with Crippen LogP contribution in [0.4, 0.5) is 0 Å². The van der Waals surface area contributed by atoms with E-state index in [0.717, 1.165) is 12.8 Å². The van der Waals surface area contributed by atoms with Gasteiger partial charge in [0, 0.05) is 11.5 Å². The third kappa shape index (κ3) is 2.73. The third-order valence-electron chi connectivity index (χ3n) is 4.85. The summed E-state index contributed by atoms with van der Waals surface area (Å²) in [5, 5.41) is 11.1. The molecule has 2 aliphatic carbocycles. The van der Waals surface area contributed by atoms with E-state index in [1.807, 2.05) is 30.4 Å². The molecule has 110 valence electrons. The summed E-state index contributed by atoms with van der Waals surface area (Å²) in [6.07, 6.45) is 13.3. The van der Waals surface area contributed by atoms with Gasteiger partial charge >= 0.3 is 0 Å². The topological polar surface area (TPSA) is 37.3 Å². The van der Waals surface area contributed by atoms with E-state index in [1.165, 1.54) is 19.3 Å². The first kappa shape index (κ1) is 14.3. The van der Waals surface area contributed by atoms with E-state index >= 15 is 0 Å². The largest absolute Gasteiger partial charge is 0.377 e. The predicted octanol–water partition coefficient (Wildman–Crippen LogP) is 3.92. The van der Waals surface area contributed by atoms with E-state index < -0.39 is 5.60 Å². The highest BCUT2D eigenvalue weighted by molar-refractivity contribution is 6.04. The van der Waals surface area contributed by atoms with Crippen molar-refractivity contribution in [2.75, 3.05) is 0 Å². The highest BCUT2D eigenvalue weighted by Crippen LogP contribution is 2.40. The molecular weight excluding hydrogens is 260 g/mol. The van der Waals surface area contributed by atoms with Crippen molar-refractivity contribution < 1.29 is 9.90 Å². The molecule has 0 spiro atoms. The number of benzene rings is 1. The van der Waals surface area contributed by atoms with Crippen molar-refractivity contribution >= 4 is 5.78 Å². The fourth-order valence-corrected chi connectivity index (χ4v) is 3.70. The van der Waals surface area contributed by atoms with Gasteiger partial charge in [-0.2, -0.15) is 0 Å². The Morgan fingerprint density at radius 1 is 1.05 bits per heavy atom. The van der Waals surface area contributed by atoms with E-state index in [9.17, 15) is 9.90 Å². The molecule has 0 bridgehead atoms. The smallest absolute Gasteiger partial charge is 0.198 e. The van der Waals surface area contributed by atoms with Crippen molar-refractivity contribution in [3.05, 3.63) is 60.2 Å². The van der Waals surface area contributed by atoms with Crippen molar-refractivity contribution in [3.63, 3.8) is 0 Å². The van der Waals surface area contributed by atoms with E-state index in [1.54, 1.807) is 24.3 Å². The molecule has 0 saturated heterocycles. The Morgan fingerprint density at radius 3 is 2.48 bits per heavy atom. The summed E-state index contributed by atoms with van der Waals surface area (Å²) in [6, 6.07) is 9.13. The van der Waals surface area contributed by atoms with Crippen molar-refractivity contribution in [2.45, 2.75) is 37.7 Å². The van der Waals surface area contributed by atoms with Gasteiger partial charge < -0.3 is 5.11 Å². The minimum absolute atomic E-state index is 0.101. The Morgan fingerprint density at radius 2 is 1.76 bits per heavy atom. The van der Waals surface area contributed by atoms with Gasteiger partial charge in [-0.15, -0.1) is 0 Å². The lowest BCUT2D eigenvalue weighted by Crippen LogP contribution is -2.47. The number of Topliss-reactive ketones (excluding diaryl/α,β-unsaturated/α-hetero) is 1. The molecule has 0 radical (unpaired) electrons. The normalized spacial score (nSPS) is 29.5. The molecule has 1 saturated carbocycles. The summed E-state index contributed by atoms with van der Waals surface area (Å²) in [7, 11) is 0. The van der Waals surface area contributed by atoms with Crippen molar-refractivity contribution in [3.8, 4) is 0 Å². The fraction of sp³-hybridized carbons (Fsp3) is 0.421. The van der Waals surface area contributed by atoms with Crippen molar-refractivity contribution in [1.29, 1.82) is 0 Å². The number of rotatable bonds is 3.